The molecule has 0 spiro atoms. The van der Waals surface area contributed by atoms with Crippen molar-refractivity contribution in [3.63, 3.8) is 0 Å². The quantitative estimate of drug-likeness (QED) is 0.493. The lowest BCUT2D eigenvalue weighted by atomic mass is 10.1. The first kappa shape index (κ1) is 23.6. The smallest absolute Gasteiger partial charge is 0.212 e. The number of benzene rings is 1. The first-order chi connectivity index (χ1) is 15.9. The number of hydrogen-bond donors (Lipinski definition) is 2. The third-order valence-corrected chi connectivity index (χ3v) is 7.33. The molecule has 10 heteroatoms. The van der Waals surface area contributed by atoms with Crippen molar-refractivity contribution in [3.8, 4) is 0 Å². The zero-order valence-electron chi connectivity index (χ0n) is 19.0. The van der Waals surface area contributed by atoms with Gasteiger partial charge in [-0.1, -0.05) is 12.1 Å². The second kappa shape index (κ2) is 10.1. The van der Waals surface area contributed by atoms with Gasteiger partial charge in [0.1, 0.15) is 5.82 Å². The summed E-state index contributed by atoms with van der Waals surface area (Å²) in [5.41, 5.74) is 4.01. The summed E-state index contributed by atoms with van der Waals surface area (Å²) in [5.74, 6) is -0.418. The highest BCUT2D eigenvalue weighted by Crippen LogP contribution is 2.30. The topological polar surface area (TPSA) is 98.1 Å². The first-order valence-corrected chi connectivity index (χ1v) is 12.9. The Kier molecular flexibility index (Phi) is 7.26. The molecular weight excluding hydrogens is 445 g/mol. The SMILES string of the molecule is CCn1ncc2c(NC3CCOCC3)c(CNS(=O)(=O)CCc3ccc(F)cc3)c(C)nc21. The summed E-state index contributed by atoms with van der Waals surface area (Å²) in [6.07, 6.45) is 3.86. The van der Waals surface area contributed by atoms with E-state index in [-0.39, 0.29) is 24.2 Å². The molecule has 1 aliphatic rings. The number of anilines is 1. The lowest BCUT2D eigenvalue weighted by molar-refractivity contribution is 0.0904. The number of nitrogens with zero attached hydrogens (tertiary/aromatic N) is 3. The molecule has 0 atom stereocenters. The van der Waals surface area contributed by atoms with Crippen LogP contribution >= 0.6 is 0 Å². The van der Waals surface area contributed by atoms with Crippen LogP contribution in [-0.2, 0) is 34.3 Å². The summed E-state index contributed by atoms with van der Waals surface area (Å²) in [5, 5.41) is 8.96. The Morgan fingerprint density at radius 3 is 2.64 bits per heavy atom. The number of pyridine rings is 1. The van der Waals surface area contributed by atoms with Crippen LogP contribution in [0.3, 0.4) is 0 Å². The van der Waals surface area contributed by atoms with E-state index in [4.69, 9.17) is 9.72 Å². The van der Waals surface area contributed by atoms with Crippen molar-refractivity contribution in [1.82, 2.24) is 19.5 Å². The number of ether oxygens (including phenoxy) is 1. The number of aromatic nitrogens is 3. The third kappa shape index (κ3) is 5.69. The minimum Gasteiger partial charge on any atom is -0.381 e. The Hall–Kier alpha value is -2.56. The van der Waals surface area contributed by atoms with Crippen molar-refractivity contribution in [3.05, 3.63) is 53.1 Å². The van der Waals surface area contributed by atoms with Crippen molar-refractivity contribution < 1.29 is 17.5 Å². The summed E-state index contributed by atoms with van der Waals surface area (Å²) in [4.78, 5) is 4.73. The van der Waals surface area contributed by atoms with E-state index in [9.17, 15) is 12.8 Å². The molecule has 8 nitrogen and oxygen atoms in total. The Morgan fingerprint density at radius 2 is 1.94 bits per heavy atom. The van der Waals surface area contributed by atoms with Crippen LogP contribution in [0.5, 0.6) is 0 Å². The largest absolute Gasteiger partial charge is 0.381 e. The lowest BCUT2D eigenvalue weighted by Crippen LogP contribution is -2.30. The van der Waals surface area contributed by atoms with Gasteiger partial charge < -0.3 is 10.1 Å². The Morgan fingerprint density at radius 1 is 1.21 bits per heavy atom. The van der Waals surface area contributed by atoms with Gasteiger partial charge in [-0.15, -0.1) is 0 Å². The van der Waals surface area contributed by atoms with Crippen LogP contribution in [0.1, 0.15) is 36.6 Å². The van der Waals surface area contributed by atoms with Gasteiger partial charge in [-0.05, 0) is 50.8 Å². The van der Waals surface area contributed by atoms with Crippen molar-refractivity contribution in [1.29, 1.82) is 0 Å². The van der Waals surface area contributed by atoms with Crippen LogP contribution < -0.4 is 10.0 Å². The average molecular weight is 476 g/mol. The predicted molar refractivity (Wildman–Crippen MR) is 126 cm³/mol. The predicted octanol–water partition coefficient (Wildman–Crippen LogP) is 3.15. The highest BCUT2D eigenvalue weighted by atomic mass is 32.2. The monoisotopic (exact) mass is 475 g/mol. The van der Waals surface area contributed by atoms with Gasteiger partial charge in [-0.3, -0.25) is 0 Å². The van der Waals surface area contributed by atoms with Crippen LogP contribution in [-0.4, -0.2) is 48.2 Å². The molecule has 0 radical (unpaired) electrons. The summed E-state index contributed by atoms with van der Waals surface area (Å²) in [7, 11) is -3.55. The van der Waals surface area contributed by atoms with Gasteiger partial charge in [0.25, 0.3) is 0 Å². The summed E-state index contributed by atoms with van der Waals surface area (Å²) >= 11 is 0. The van der Waals surface area contributed by atoms with E-state index in [1.807, 2.05) is 18.5 Å². The van der Waals surface area contributed by atoms with Gasteiger partial charge in [0.05, 0.1) is 23.0 Å². The highest BCUT2D eigenvalue weighted by molar-refractivity contribution is 7.89. The zero-order valence-corrected chi connectivity index (χ0v) is 19.8. The number of nitrogens with one attached hydrogen (secondary N) is 2. The van der Waals surface area contributed by atoms with Gasteiger partial charge in [-0.25, -0.2) is 27.2 Å². The molecule has 33 heavy (non-hydrogen) atoms. The molecule has 1 aromatic carbocycles. The van der Waals surface area contributed by atoms with E-state index >= 15 is 0 Å². The molecule has 178 valence electrons. The highest BCUT2D eigenvalue weighted by Gasteiger charge is 2.22. The molecule has 2 aromatic heterocycles. The van der Waals surface area contributed by atoms with E-state index in [0.717, 1.165) is 46.4 Å². The van der Waals surface area contributed by atoms with Gasteiger partial charge >= 0.3 is 0 Å². The summed E-state index contributed by atoms with van der Waals surface area (Å²) < 4.78 is 48.6. The van der Waals surface area contributed by atoms with E-state index in [0.29, 0.717) is 26.2 Å². The number of sulfonamides is 1. The van der Waals surface area contributed by atoms with E-state index < -0.39 is 10.0 Å². The Bertz CT molecular complexity index is 1210. The van der Waals surface area contributed by atoms with E-state index in [2.05, 4.69) is 15.1 Å². The fraction of sp³-hybridized carbons (Fsp3) is 0.478. The number of rotatable bonds is 9. The second-order valence-electron chi connectivity index (χ2n) is 8.30. The van der Waals surface area contributed by atoms with Crippen molar-refractivity contribution in [2.24, 2.45) is 0 Å². The van der Waals surface area contributed by atoms with Gasteiger partial charge in [0, 0.05) is 43.6 Å². The molecule has 2 N–H and O–H groups in total. The molecule has 0 amide bonds. The molecule has 3 aromatic rings. The van der Waals surface area contributed by atoms with Gasteiger partial charge in [0.2, 0.25) is 10.0 Å². The molecule has 0 aliphatic carbocycles. The average Bonchev–Trinajstić information content (AvgIpc) is 3.21. The molecular formula is C23H30FN5O3S. The molecule has 0 saturated carbocycles. The molecule has 0 unspecified atom stereocenters. The molecule has 0 bridgehead atoms. The van der Waals surface area contributed by atoms with E-state index in [1.165, 1.54) is 12.1 Å². The lowest BCUT2D eigenvalue weighted by Gasteiger charge is -2.26. The number of halogens is 1. The van der Waals surface area contributed by atoms with E-state index in [1.54, 1.807) is 18.3 Å². The maximum atomic E-state index is 13.1. The first-order valence-electron chi connectivity index (χ1n) is 11.3. The number of fused-ring (bicyclic) bond motifs is 1. The van der Waals surface area contributed by atoms with Crippen LogP contribution in [0.25, 0.3) is 11.0 Å². The minimum atomic E-state index is -3.55. The number of hydrogen-bond acceptors (Lipinski definition) is 6. The van der Waals surface area contributed by atoms with Crippen molar-refractivity contribution in [2.45, 2.75) is 52.2 Å². The Balaban J connectivity index is 1.55. The number of aryl methyl sites for hydroxylation is 3. The molecule has 1 aliphatic heterocycles. The van der Waals surface area contributed by atoms with Crippen LogP contribution in [0.4, 0.5) is 10.1 Å². The minimum absolute atomic E-state index is 0.0795. The Labute approximate surface area is 193 Å². The van der Waals surface area contributed by atoms with Crippen LogP contribution in [0.2, 0.25) is 0 Å². The molecule has 4 rings (SSSR count). The molecule has 3 heterocycles. The van der Waals surface area contributed by atoms with Crippen molar-refractivity contribution in [2.75, 3.05) is 24.3 Å². The normalized spacial score (nSPS) is 15.2. The molecule has 1 fully saturated rings. The summed E-state index contributed by atoms with van der Waals surface area (Å²) in [6.45, 7) is 6.13. The molecule has 1 saturated heterocycles. The van der Waals surface area contributed by atoms with Gasteiger partial charge in [0.15, 0.2) is 5.65 Å². The maximum Gasteiger partial charge on any atom is 0.212 e. The maximum absolute atomic E-state index is 13.1. The van der Waals surface area contributed by atoms with Gasteiger partial charge in [-0.2, -0.15) is 5.10 Å². The summed E-state index contributed by atoms with van der Waals surface area (Å²) in [6, 6.07) is 6.12. The third-order valence-electron chi connectivity index (χ3n) is 6.00. The fourth-order valence-electron chi connectivity index (χ4n) is 4.06. The standard InChI is InChI=1S/C23H30FN5O3S/c1-3-29-23-21(14-25-29)22(28-19-8-11-32-12-9-19)20(16(2)27-23)15-26-33(30,31)13-10-17-4-6-18(24)7-5-17/h4-7,14,19,26H,3,8-13,15H2,1-2H3,(H,27,28). The van der Waals surface area contributed by atoms with Crippen LogP contribution in [0, 0.1) is 12.7 Å². The second-order valence-corrected chi connectivity index (χ2v) is 10.2. The van der Waals surface area contributed by atoms with Crippen molar-refractivity contribution >= 4 is 26.7 Å². The fourth-order valence-corrected chi connectivity index (χ4v) is 5.07. The zero-order chi connectivity index (χ0) is 23.4. The van der Waals surface area contributed by atoms with Crippen LogP contribution in [0.15, 0.2) is 30.5 Å².